The molecule has 0 bridgehead atoms. The number of hydrogen-bond donors (Lipinski definition) is 2. The Kier molecular flexibility index (Phi) is 21.0. The van der Waals surface area contributed by atoms with Crippen molar-refractivity contribution in [1.29, 1.82) is 0 Å². The molecule has 0 amide bonds. The highest BCUT2D eigenvalue weighted by Crippen LogP contribution is 2.19. The van der Waals surface area contributed by atoms with Crippen LogP contribution in [0.4, 0.5) is 0 Å². The second kappa shape index (κ2) is 20.0. The summed E-state index contributed by atoms with van der Waals surface area (Å²) in [4.78, 5) is 12.0. The molecule has 1 fully saturated rings. The molecular formula is C19H41N5. The van der Waals surface area contributed by atoms with Crippen molar-refractivity contribution in [1.82, 2.24) is 0 Å². The van der Waals surface area contributed by atoms with Gasteiger partial charge in [-0.15, -0.1) is 0 Å². The maximum atomic E-state index is 5.34. The predicted octanol–water partition coefficient (Wildman–Crippen LogP) is 4.07. The van der Waals surface area contributed by atoms with Gasteiger partial charge in [0.15, 0.2) is 0 Å². The number of rotatable bonds is 7. The normalized spacial score (nSPS) is 14.0. The minimum absolute atomic E-state index is 0.304. The molecule has 0 atom stereocenters. The quantitative estimate of drug-likeness (QED) is 0.541. The highest BCUT2D eigenvalue weighted by atomic mass is 14.8. The van der Waals surface area contributed by atoms with Gasteiger partial charge in [-0.3, -0.25) is 4.99 Å². The maximum absolute atomic E-state index is 5.34. The summed E-state index contributed by atoms with van der Waals surface area (Å²) < 4.78 is 0. The molecule has 4 N–H and O–H groups in total. The first-order valence-corrected chi connectivity index (χ1v) is 9.46. The molecular weight excluding hydrogens is 298 g/mol. The Balaban J connectivity index is 0. The lowest BCUT2D eigenvalue weighted by Gasteiger charge is -2.15. The molecule has 0 saturated heterocycles. The molecule has 1 aliphatic carbocycles. The minimum Gasteiger partial charge on any atom is -0.330 e. The van der Waals surface area contributed by atoms with E-state index >= 15 is 0 Å². The molecule has 0 aromatic heterocycles. The maximum Gasteiger partial charge on any atom is 0.0895 e. The summed E-state index contributed by atoms with van der Waals surface area (Å²) in [6.07, 6.45) is 10.0. The molecule has 0 unspecified atom stereocenters. The Morgan fingerprint density at radius 3 is 2.04 bits per heavy atom. The van der Waals surface area contributed by atoms with Gasteiger partial charge in [-0.05, 0) is 58.8 Å². The topological polar surface area (TPSA) is 89.1 Å². The van der Waals surface area contributed by atoms with E-state index in [1.54, 1.807) is 0 Å². The Labute approximate surface area is 150 Å². The first-order valence-electron chi connectivity index (χ1n) is 9.46. The van der Waals surface area contributed by atoms with Crippen molar-refractivity contribution in [2.45, 2.75) is 97.2 Å². The van der Waals surface area contributed by atoms with Crippen molar-refractivity contribution >= 4 is 12.7 Å². The van der Waals surface area contributed by atoms with Crippen LogP contribution in [-0.4, -0.2) is 43.9 Å². The smallest absolute Gasteiger partial charge is 0.0895 e. The van der Waals surface area contributed by atoms with Gasteiger partial charge in [-0.25, -0.2) is 9.98 Å². The van der Waals surface area contributed by atoms with Crippen LogP contribution in [-0.2, 0) is 0 Å². The van der Waals surface area contributed by atoms with Crippen LogP contribution >= 0.6 is 0 Å². The van der Waals surface area contributed by atoms with Gasteiger partial charge in [-0.2, -0.15) is 0 Å². The van der Waals surface area contributed by atoms with Crippen molar-refractivity contribution in [3.05, 3.63) is 0 Å². The molecule has 24 heavy (non-hydrogen) atoms. The first-order chi connectivity index (χ1) is 11.4. The highest BCUT2D eigenvalue weighted by molar-refractivity contribution is 5.41. The standard InChI is InChI=1S/C9H19N3.C7H13N.C3H9N/c1-9(2)12-8-11-7-5-3-4-6-10;1-8-7-5-3-2-4-6-7;1-3(2)4/h9H,3-7,10H2,1-2H3;7H,1-6H2;3H,4H2,1-2H3. The molecule has 0 aromatic rings. The molecule has 1 rings (SSSR count). The monoisotopic (exact) mass is 339 g/mol. The van der Waals surface area contributed by atoms with Gasteiger partial charge in [0.2, 0.25) is 0 Å². The number of aliphatic imine (C=N–C) groups is 3. The van der Waals surface area contributed by atoms with E-state index in [0.717, 1.165) is 32.4 Å². The van der Waals surface area contributed by atoms with E-state index in [9.17, 15) is 0 Å². The van der Waals surface area contributed by atoms with E-state index in [4.69, 9.17) is 11.5 Å². The molecule has 0 aromatic carbocycles. The van der Waals surface area contributed by atoms with Crippen molar-refractivity contribution in [2.75, 3.05) is 13.1 Å². The first kappa shape index (κ1) is 25.2. The van der Waals surface area contributed by atoms with Crippen LogP contribution in [0.25, 0.3) is 0 Å². The molecule has 0 aliphatic heterocycles. The molecule has 0 spiro atoms. The zero-order chi connectivity index (χ0) is 18.6. The number of unbranched alkanes of at least 4 members (excludes halogenated alkanes) is 2. The summed E-state index contributed by atoms with van der Waals surface area (Å²) in [5.74, 6) is 0. The van der Waals surface area contributed by atoms with E-state index in [1.807, 2.05) is 27.7 Å². The highest BCUT2D eigenvalue weighted by Gasteiger charge is 2.09. The summed E-state index contributed by atoms with van der Waals surface area (Å²) >= 11 is 0. The van der Waals surface area contributed by atoms with Gasteiger partial charge in [0.25, 0.3) is 0 Å². The second-order valence-electron chi connectivity index (χ2n) is 6.77. The molecule has 0 radical (unpaired) electrons. The Hall–Kier alpha value is -1.03. The zero-order valence-corrected chi connectivity index (χ0v) is 16.5. The third kappa shape index (κ3) is 25.9. The van der Waals surface area contributed by atoms with Gasteiger partial charge in [0.05, 0.1) is 12.1 Å². The molecule has 1 saturated carbocycles. The molecule has 5 heteroatoms. The van der Waals surface area contributed by atoms with Crippen molar-refractivity contribution in [3.8, 4) is 0 Å². The van der Waals surface area contributed by atoms with Crippen LogP contribution in [0.2, 0.25) is 0 Å². The minimum atomic E-state index is 0.304. The van der Waals surface area contributed by atoms with Crippen molar-refractivity contribution in [2.24, 2.45) is 26.4 Å². The predicted molar refractivity (Wildman–Crippen MR) is 109 cm³/mol. The summed E-state index contributed by atoms with van der Waals surface area (Å²) in [7, 11) is 0. The number of nitrogens with zero attached hydrogens (tertiary/aromatic N) is 3. The van der Waals surface area contributed by atoms with Gasteiger partial charge in [0.1, 0.15) is 0 Å². The lowest BCUT2D eigenvalue weighted by atomic mass is 9.96. The van der Waals surface area contributed by atoms with E-state index in [-0.39, 0.29) is 0 Å². The zero-order valence-electron chi connectivity index (χ0n) is 16.5. The van der Waals surface area contributed by atoms with Gasteiger partial charge < -0.3 is 11.5 Å². The molecule has 1 aliphatic rings. The van der Waals surface area contributed by atoms with Crippen LogP contribution < -0.4 is 11.5 Å². The average Bonchev–Trinajstić information content (AvgIpc) is 2.54. The lowest BCUT2D eigenvalue weighted by molar-refractivity contribution is 0.445. The number of hydrogen-bond acceptors (Lipinski definition) is 5. The molecule has 5 nitrogen and oxygen atoms in total. The van der Waals surface area contributed by atoms with E-state index in [2.05, 4.69) is 27.7 Å². The summed E-state index contributed by atoms with van der Waals surface area (Å²) in [6, 6.07) is 3.92. The van der Waals surface area contributed by atoms with Crippen molar-refractivity contribution in [3.63, 3.8) is 0 Å². The lowest BCUT2D eigenvalue weighted by Crippen LogP contribution is -2.08. The fraction of sp³-hybridized carbons (Fsp3) is 0.895. The van der Waals surface area contributed by atoms with E-state index in [1.165, 1.54) is 32.1 Å². The van der Waals surface area contributed by atoms with Crippen LogP contribution in [0, 0.1) is 0 Å². The Bertz CT molecular complexity index is 311. The van der Waals surface area contributed by atoms with Crippen LogP contribution in [0.5, 0.6) is 0 Å². The Morgan fingerprint density at radius 2 is 1.62 bits per heavy atom. The Morgan fingerprint density at radius 1 is 1.04 bits per heavy atom. The fourth-order valence-corrected chi connectivity index (χ4v) is 1.98. The van der Waals surface area contributed by atoms with Gasteiger partial charge >= 0.3 is 0 Å². The third-order valence-electron chi connectivity index (χ3n) is 3.19. The van der Waals surface area contributed by atoms with E-state index < -0.39 is 0 Å². The van der Waals surface area contributed by atoms with Gasteiger partial charge in [0, 0.05) is 12.6 Å². The van der Waals surface area contributed by atoms with Gasteiger partial charge in [-0.1, -0.05) is 39.5 Å². The summed E-state index contributed by atoms with van der Waals surface area (Å²) in [6.45, 7) is 13.1. The summed E-state index contributed by atoms with van der Waals surface area (Å²) in [5, 5.41) is 0. The number of nitrogens with two attached hydrogens (primary N) is 2. The van der Waals surface area contributed by atoms with Crippen molar-refractivity contribution < 1.29 is 0 Å². The summed E-state index contributed by atoms with van der Waals surface area (Å²) in [5.41, 5.74) is 10.5. The largest absolute Gasteiger partial charge is 0.330 e. The average molecular weight is 340 g/mol. The fourth-order valence-electron chi connectivity index (χ4n) is 1.98. The third-order valence-corrected chi connectivity index (χ3v) is 3.19. The van der Waals surface area contributed by atoms with Crippen LogP contribution in [0.15, 0.2) is 15.0 Å². The van der Waals surface area contributed by atoms with E-state index in [0.29, 0.717) is 18.1 Å². The second-order valence-corrected chi connectivity index (χ2v) is 6.77. The van der Waals surface area contributed by atoms with Crippen LogP contribution in [0.3, 0.4) is 0 Å². The molecule has 0 heterocycles. The molecule has 142 valence electrons. The SMILES string of the molecule is C=NC1CCCCC1.CC(C)N.CC(C)N=C=NCCCCCN. The van der Waals surface area contributed by atoms with Crippen LogP contribution in [0.1, 0.15) is 79.1 Å².